The lowest BCUT2D eigenvalue weighted by Crippen LogP contribution is -2.44. The van der Waals surface area contributed by atoms with Crippen molar-refractivity contribution >= 4 is 22.9 Å². The fraction of sp³-hybridized carbons (Fsp3) is 0.478. The molecule has 172 valence electrons. The first-order valence-corrected chi connectivity index (χ1v) is 12.5. The Morgan fingerprint density at radius 2 is 2.00 bits per heavy atom. The lowest BCUT2D eigenvalue weighted by molar-refractivity contribution is 0.171. The zero-order chi connectivity index (χ0) is 22.4. The van der Waals surface area contributed by atoms with E-state index in [2.05, 4.69) is 26.3 Å². The first-order valence-electron chi connectivity index (χ1n) is 11.5. The fourth-order valence-electron chi connectivity index (χ4n) is 5.12. The summed E-state index contributed by atoms with van der Waals surface area (Å²) in [6, 6.07) is 5.78. The van der Waals surface area contributed by atoms with E-state index in [9.17, 15) is 9.59 Å². The molecular formula is C23H26N6O3S. The summed E-state index contributed by atoms with van der Waals surface area (Å²) in [7, 11) is 0. The number of likely N-dealkylation sites (tertiary alicyclic amines) is 1. The van der Waals surface area contributed by atoms with Crippen LogP contribution < -0.4 is 21.2 Å². The molecule has 0 aromatic carbocycles. The number of pyridine rings is 2. The highest BCUT2D eigenvalue weighted by Crippen LogP contribution is 2.32. The Bertz CT molecular complexity index is 1310. The second kappa shape index (κ2) is 8.58. The summed E-state index contributed by atoms with van der Waals surface area (Å²) in [6.07, 6.45) is 5.29. The predicted molar refractivity (Wildman–Crippen MR) is 126 cm³/mol. The monoisotopic (exact) mass is 466 g/mol. The third-order valence-corrected chi connectivity index (χ3v) is 7.79. The summed E-state index contributed by atoms with van der Waals surface area (Å²) in [5.41, 5.74) is 2.18. The van der Waals surface area contributed by atoms with Gasteiger partial charge in [0.2, 0.25) is 0 Å². The second-order valence-corrected chi connectivity index (χ2v) is 10.0. The van der Waals surface area contributed by atoms with Crippen molar-refractivity contribution < 1.29 is 4.74 Å². The van der Waals surface area contributed by atoms with Crippen molar-refractivity contribution in [2.45, 2.75) is 42.9 Å². The predicted octanol–water partition coefficient (Wildman–Crippen LogP) is 1.25. The summed E-state index contributed by atoms with van der Waals surface area (Å²) in [4.78, 5) is 37.2. The van der Waals surface area contributed by atoms with Crippen molar-refractivity contribution in [3.63, 3.8) is 0 Å². The molecule has 3 aromatic heterocycles. The van der Waals surface area contributed by atoms with Gasteiger partial charge in [0.25, 0.3) is 11.1 Å². The van der Waals surface area contributed by atoms with Crippen LogP contribution in [0.2, 0.25) is 0 Å². The van der Waals surface area contributed by atoms with Crippen LogP contribution in [0.5, 0.6) is 5.75 Å². The summed E-state index contributed by atoms with van der Waals surface area (Å²) < 4.78 is 9.09. The maximum absolute atomic E-state index is 12.6. The van der Waals surface area contributed by atoms with E-state index in [4.69, 9.17) is 4.74 Å². The van der Waals surface area contributed by atoms with E-state index in [-0.39, 0.29) is 17.2 Å². The molecule has 1 atom stereocenters. The fourth-order valence-corrected chi connectivity index (χ4v) is 5.98. The van der Waals surface area contributed by atoms with Gasteiger partial charge in [-0.2, -0.15) is 0 Å². The third kappa shape index (κ3) is 3.96. The minimum Gasteiger partial charge on any atom is -0.490 e. The molecule has 1 fully saturated rings. The van der Waals surface area contributed by atoms with E-state index in [1.165, 1.54) is 17.2 Å². The van der Waals surface area contributed by atoms with Crippen LogP contribution in [0.25, 0.3) is 11.2 Å². The van der Waals surface area contributed by atoms with Crippen LogP contribution in [0, 0.1) is 0 Å². The Hall–Kier alpha value is -2.69. The van der Waals surface area contributed by atoms with Gasteiger partial charge in [-0.05, 0) is 38.1 Å². The van der Waals surface area contributed by atoms with E-state index in [0.29, 0.717) is 23.8 Å². The second-order valence-electron chi connectivity index (χ2n) is 8.89. The van der Waals surface area contributed by atoms with Crippen molar-refractivity contribution in [3.8, 4) is 5.75 Å². The molecule has 0 spiro atoms. The molecule has 0 amide bonds. The number of fused-ring (bicyclic) bond motifs is 1. The molecule has 6 rings (SSSR count). The van der Waals surface area contributed by atoms with Gasteiger partial charge in [0.15, 0.2) is 5.75 Å². The number of hydrogen-bond acceptors (Lipinski definition) is 8. The summed E-state index contributed by atoms with van der Waals surface area (Å²) >= 11 is 1.83. The lowest BCUT2D eigenvalue weighted by Gasteiger charge is -2.34. The van der Waals surface area contributed by atoms with Gasteiger partial charge in [-0.15, -0.1) is 11.8 Å². The molecule has 1 unspecified atom stereocenters. The topological polar surface area (TPSA) is 94.3 Å². The molecule has 1 saturated heterocycles. The Morgan fingerprint density at radius 1 is 1.12 bits per heavy atom. The first-order chi connectivity index (χ1) is 16.2. The number of nitrogens with zero attached hydrogens (tertiary/aromatic N) is 5. The molecule has 0 bridgehead atoms. The average Bonchev–Trinajstić information content (AvgIpc) is 3.23. The SMILES string of the molecule is O=c1ccc2ncc(=O)n3c2n1CC3CN1CCC(NCc2cc3c(cn2)OCCS3)CC1. The highest BCUT2D eigenvalue weighted by molar-refractivity contribution is 7.99. The first kappa shape index (κ1) is 20.9. The van der Waals surface area contributed by atoms with E-state index >= 15 is 0 Å². The van der Waals surface area contributed by atoms with Gasteiger partial charge in [0.1, 0.15) is 11.2 Å². The molecule has 0 saturated carbocycles. The average molecular weight is 467 g/mol. The third-order valence-electron chi connectivity index (χ3n) is 6.79. The Labute approximate surface area is 194 Å². The number of piperidine rings is 1. The van der Waals surface area contributed by atoms with Crippen molar-refractivity contribution in [2.24, 2.45) is 0 Å². The molecule has 10 heteroatoms. The molecule has 3 aliphatic heterocycles. The number of aromatic nitrogens is 4. The molecule has 1 N–H and O–H groups in total. The van der Waals surface area contributed by atoms with Crippen LogP contribution in [0.3, 0.4) is 0 Å². The summed E-state index contributed by atoms with van der Waals surface area (Å²) in [6.45, 7) is 4.72. The normalized spacial score (nSPS) is 20.7. The van der Waals surface area contributed by atoms with Crippen LogP contribution in [0.4, 0.5) is 0 Å². The highest BCUT2D eigenvalue weighted by atomic mass is 32.2. The molecule has 0 radical (unpaired) electrons. The smallest absolute Gasteiger partial charge is 0.270 e. The van der Waals surface area contributed by atoms with Crippen LogP contribution in [0.1, 0.15) is 24.6 Å². The van der Waals surface area contributed by atoms with E-state index in [1.54, 1.807) is 15.2 Å². The number of hydrogen-bond donors (Lipinski definition) is 1. The van der Waals surface area contributed by atoms with Crippen molar-refractivity contribution in [3.05, 3.63) is 57.0 Å². The summed E-state index contributed by atoms with van der Waals surface area (Å²) in [5.74, 6) is 1.88. The van der Waals surface area contributed by atoms with Gasteiger partial charge >= 0.3 is 0 Å². The maximum Gasteiger partial charge on any atom is 0.270 e. The minimum atomic E-state index is -0.137. The van der Waals surface area contributed by atoms with E-state index in [0.717, 1.165) is 62.8 Å². The Morgan fingerprint density at radius 3 is 2.88 bits per heavy atom. The largest absolute Gasteiger partial charge is 0.490 e. The van der Waals surface area contributed by atoms with Gasteiger partial charge < -0.3 is 15.0 Å². The number of ether oxygens (including phenoxy) is 1. The quantitative estimate of drug-likeness (QED) is 0.601. The molecule has 0 aliphatic carbocycles. The van der Waals surface area contributed by atoms with Gasteiger partial charge in [-0.25, -0.2) is 4.98 Å². The molecular weight excluding hydrogens is 440 g/mol. The number of thioether (sulfide) groups is 1. The van der Waals surface area contributed by atoms with Crippen molar-refractivity contribution in [1.29, 1.82) is 0 Å². The zero-order valence-electron chi connectivity index (χ0n) is 18.3. The zero-order valence-corrected chi connectivity index (χ0v) is 19.1. The molecule has 33 heavy (non-hydrogen) atoms. The highest BCUT2D eigenvalue weighted by Gasteiger charge is 2.29. The van der Waals surface area contributed by atoms with Crippen molar-refractivity contribution in [1.82, 2.24) is 29.3 Å². The van der Waals surface area contributed by atoms with Crippen LogP contribution in [0.15, 0.2) is 45.1 Å². The van der Waals surface area contributed by atoms with Gasteiger partial charge in [0.05, 0.1) is 35.6 Å². The van der Waals surface area contributed by atoms with Crippen LogP contribution >= 0.6 is 11.8 Å². The Kier molecular flexibility index (Phi) is 5.43. The van der Waals surface area contributed by atoms with Gasteiger partial charge in [-0.1, -0.05) is 0 Å². The molecule has 3 aliphatic rings. The number of nitrogens with one attached hydrogen (secondary N) is 1. The van der Waals surface area contributed by atoms with Gasteiger partial charge in [-0.3, -0.25) is 23.7 Å². The number of rotatable bonds is 5. The maximum atomic E-state index is 12.6. The van der Waals surface area contributed by atoms with Crippen molar-refractivity contribution in [2.75, 3.05) is 32.0 Å². The molecule has 3 aromatic rings. The van der Waals surface area contributed by atoms with Crippen LogP contribution in [-0.4, -0.2) is 62.0 Å². The van der Waals surface area contributed by atoms with Gasteiger partial charge in [0, 0.05) is 37.5 Å². The summed E-state index contributed by atoms with van der Waals surface area (Å²) in [5, 5.41) is 3.66. The molecule has 9 nitrogen and oxygen atoms in total. The lowest BCUT2D eigenvalue weighted by atomic mass is 10.0. The standard InChI is InChI=1S/C23H26N6O3S/c30-21-2-1-18-23-28(21)14-17(29(23)22(31)12-26-18)13-27-5-3-15(4-6-27)24-10-16-9-20-19(11-25-16)32-7-8-33-20/h1-2,9,11-12,15,17,24H,3-8,10,13-14H2. The molecule has 6 heterocycles. The van der Waals surface area contributed by atoms with Crippen LogP contribution in [-0.2, 0) is 13.1 Å². The van der Waals surface area contributed by atoms with E-state index < -0.39 is 0 Å². The Balaban J connectivity index is 1.06. The minimum absolute atomic E-state index is 0.0398. The van der Waals surface area contributed by atoms with E-state index in [1.807, 2.05) is 18.0 Å².